The van der Waals surface area contributed by atoms with E-state index in [1.54, 1.807) is 0 Å². The van der Waals surface area contributed by atoms with Gasteiger partial charge in [0.15, 0.2) is 0 Å². The van der Waals surface area contributed by atoms with Crippen LogP contribution in [-0.2, 0) is 11.2 Å². The Bertz CT molecular complexity index is 694. The molecular weight excluding hydrogens is 272 g/mol. The molecule has 1 aliphatic carbocycles. The number of hydrogen-bond donors (Lipinski definition) is 1. The molecule has 0 saturated heterocycles. The predicted molar refractivity (Wildman–Crippen MR) is 91.2 cm³/mol. The molecule has 0 radical (unpaired) electrons. The summed E-state index contributed by atoms with van der Waals surface area (Å²) in [5.41, 5.74) is 4.73. The summed E-state index contributed by atoms with van der Waals surface area (Å²) in [7, 11) is 2.14. The van der Waals surface area contributed by atoms with Crippen LogP contribution in [0.3, 0.4) is 0 Å². The van der Waals surface area contributed by atoms with Crippen molar-refractivity contribution in [2.45, 2.75) is 18.9 Å². The van der Waals surface area contributed by atoms with Crippen molar-refractivity contribution < 1.29 is 4.79 Å². The third kappa shape index (κ3) is 2.75. The first-order valence-electron chi connectivity index (χ1n) is 7.53. The number of hydrogen-bond acceptors (Lipinski definition) is 2. The highest BCUT2D eigenvalue weighted by atomic mass is 16.1. The Morgan fingerprint density at radius 3 is 2.77 bits per heavy atom. The van der Waals surface area contributed by atoms with E-state index in [0.717, 1.165) is 18.5 Å². The van der Waals surface area contributed by atoms with Gasteiger partial charge in [-0.25, -0.2) is 0 Å². The summed E-state index contributed by atoms with van der Waals surface area (Å²) < 4.78 is 0. The van der Waals surface area contributed by atoms with E-state index >= 15 is 0 Å². The minimum absolute atomic E-state index is 0.170. The molecule has 0 aromatic heterocycles. The smallest absolute Gasteiger partial charge is 0.247 e. The van der Waals surface area contributed by atoms with Crippen LogP contribution in [-0.4, -0.2) is 13.0 Å². The number of anilines is 2. The largest absolute Gasteiger partial charge is 0.368 e. The quantitative estimate of drug-likeness (QED) is 0.866. The molecule has 1 amide bonds. The van der Waals surface area contributed by atoms with E-state index in [1.165, 1.54) is 22.9 Å². The number of nitrogens with zero attached hydrogens (tertiary/aromatic N) is 1. The molecule has 1 unspecified atom stereocenters. The molecule has 3 rings (SSSR count). The molecule has 0 saturated carbocycles. The summed E-state index contributed by atoms with van der Waals surface area (Å²) in [5, 5.41) is 2.83. The lowest BCUT2D eigenvalue weighted by Crippen LogP contribution is -2.22. The van der Waals surface area contributed by atoms with Crippen molar-refractivity contribution in [1.82, 2.24) is 0 Å². The molecule has 0 fully saturated rings. The Morgan fingerprint density at radius 1 is 1.27 bits per heavy atom. The molecule has 0 spiro atoms. The van der Waals surface area contributed by atoms with Crippen molar-refractivity contribution in [3.8, 4) is 0 Å². The molecule has 3 heteroatoms. The lowest BCUT2D eigenvalue weighted by molar-refractivity contribution is -0.111. The first-order valence-corrected chi connectivity index (χ1v) is 7.53. The van der Waals surface area contributed by atoms with Crippen LogP contribution in [0.2, 0.25) is 0 Å². The highest BCUT2D eigenvalue weighted by Crippen LogP contribution is 2.38. The van der Waals surface area contributed by atoms with Gasteiger partial charge in [-0.3, -0.25) is 4.79 Å². The summed E-state index contributed by atoms with van der Waals surface area (Å²) in [6.07, 6.45) is 3.42. The molecule has 1 aliphatic rings. The fourth-order valence-electron chi connectivity index (χ4n) is 3.11. The van der Waals surface area contributed by atoms with Gasteiger partial charge in [0.25, 0.3) is 0 Å². The Hall–Kier alpha value is -2.55. The molecule has 1 atom stereocenters. The summed E-state index contributed by atoms with van der Waals surface area (Å²) >= 11 is 0. The topological polar surface area (TPSA) is 32.3 Å². The van der Waals surface area contributed by atoms with Crippen molar-refractivity contribution in [1.29, 1.82) is 0 Å². The van der Waals surface area contributed by atoms with Crippen LogP contribution in [0.15, 0.2) is 61.2 Å². The Morgan fingerprint density at radius 2 is 2.05 bits per heavy atom. The van der Waals surface area contributed by atoms with Crippen molar-refractivity contribution in [3.63, 3.8) is 0 Å². The minimum atomic E-state index is -0.170. The molecular formula is C19H20N2O. The average Bonchev–Trinajstić information content (AvgIpc) is 2.98. The Kier molecular flexibility index (Phi) is 3.96. The third-order valence-electron chi connectivity index (χ3n) is 4.27. The number of carbonyl (C=O) groups is 1. The Labute approximate surface area is 131 Å². The van der Waals surface area contributed by atoms with Gasteiger partial charge in [0, 0.05) is 18.4 Å². The van der Waals surface area contributed by atoms with E-state index in [4.69, 9.17) is 0 Å². The molecule has 2 aromatic carbocycles. The second-order valence-corrected chi connectivity index (χ2v) is 5.61. The van der Waals surface area contributed by atoms with E-state index in [0.29, 0.717) is 6.04 Å². The number of rotatable bonds is 4. The van der Waals surface area contributed by atoms with Crippen LogP contribution >= 0.6 is 0 Å². The van der Waals surface area contributed by atoms with Gasteiger partial charge in [-0.1, -0.05) is 30.8 Å². The molecule has 0 aliphatic heterocycles. The highest BCUT2D eigenvalue weighted by molar-refractivity contribution is 5.98. The van der Waals surface area contributed by atoms with E-state index in [9.17, 15) is 4.79 Å². The average molecular weight is 292 g/mol. The van der Waals surface area contributed by atoms with Gasteiger partial charge < -0.3 is 10.2 Å². The molecule has 22 heavy (non-hydrogen) atoms. The van der Waals surface area contributed by atoms with Gasteiger partial charge in [0.05, 0.1) is 6.04 Å². The van der Waals surface area contributed by atoms with Crippen LogP contribution in [0.5, 0.6) is 0 Å². The van der Waals surface area contributed by atoms with E-state index in [1.807, 2.05) is 12.1 Å². The summed E-state index contributed by atoms with van der Waals surface area (Å²) in [4.78, 5) is 13.7. The molecule has 2 aromatic rings. The number of para-hydroxylation sites is 1. The number of benzene rings is 2. The van der Waals surface area contributed by atoms with Gasteiger partial charge in [0.2, 0.25) is 5.91 Å². The minimum Gasteiger partial charge on any atom is -0.368 e. The SMILES string of the molecule is C=CC(=O)Nc1ccc2c(c1)CCC2N(C)c1ccccc1. The number of fused-ring (bicyclic) bond motifs is 1. The monoisotopic (exact) mass is 292 g/mol. The summed E-state index contributed by atoms with van der Waals surface area (Å²) in [5.74, 6) is -0.170. The number of amides is 1. The van der Waals surface area contributed by atoms with E-state index in [2.05, 4.69) is 60.2 Å². The van der Waals surface area contributed by atoms with Gasteiger partial charge in [-0.05, 0) is 54.3 Å². The molecule has 3 nitrogen and oxygen atoms in total. The second kappa shape index (κ2) is 6.06. The van der Waals surface area contributed by atoms with Crippen LogP contribution < -0.4 is 10.2 Å². The zero-order chi connectivity index (χ0) is 15.5. The predicted octanol–water partition coefficient (Wildman–Crippen LogP) is 3.93. The van der Waals surface area contributed by atoms with Crippen molar-refractivity contribution >= 4 is 17.3 Å². The maximum absolute atomic E-state index is 11.4. The first-order chi connectivity index (χ1) is 10.7. The lowest BCUT2D eigenvalue weighted by Gasteiger charge is -2.27. The van der Waals surface area contributed by atoms with Gasteiger partial charge >= 0.3 is 0 Å². The summed E-state index contributed by atoms with van der Waals surface area (Å²) in [6.45, 7) is 3.48. The van der Waals surface area contributed by atoms with Gasteiger partial charge in [0.1, 0.15) is 0 Å². The second-order valence-electron chi connectivity index (χ2n) is 5.61. The van der Waals surface area contributed by atoms with Crippen molar-refractivity contribution in [2.75, 3.05) is 17.3 Å². The number of aryl methyl sites for hydroxylation is 1. The maximum atomic E-state index is 11.4. The number of carbonyl (C=O) groups excluding carboxylic acids is 1. The molecule has 0 heterocycles. The van der Waals surface area contributed by atoms with E-state index in [-0.39, 0.29) is 5.91 Å². The van der Waals surface area contributed by atoms with E-state index < -0.39 is 0 Å². The normalized spacial score (nSPS) is 16.0. The highest BCUT2D eigenvalue weighted by Gasteiger charge is 2.26. The molecule has 0 bridgehead atoms. The van der Waals surface area contributed by atoms with Crippen LogP contribution in [0.1, 0.15) is 23.6 Å². The fraction of sp³-hybridized carbons (Fsp3) is 0.211. The molecule has 1 N–H and O–H groups in total. The van der Waals surface area contributed by atoms with Crippen molar-refractivity contribution in [2.24, 2.45) is 0 Å². The van der Waals surface area contributed by atoms with Crippen LogP contribution in [0, 0.1) is 0 Å². The third-order valence-corrected chi connectivity index (χ3v) is 4.27. The van der Waals surface area contributed by atoms with Crippen molar-refractivity contribution in [3.05, 3.63) is 72.3 Å². The Balaban J connectivity index is 1.83. The standard InChI is InChI=1S/C19H20N2O/c1-3-19(22)20-15-10-11-17-14(13-15)9-12-18(17)21(2)16-7-5-4-6-8-16/h3-8,10-11,13,18H,1,9,12H2,2H3,(H,20,22). The van der Waals surface area contributed by atoms with Crippen LogP contribution in [0.4, 0.5) is 11.4 Å². The molecule has 112 valence electrons. The van der Waals surface area contributed by atoms with Gasteiger partial charge in [-0.15, -0.1) is 0 Å². The van der Waals surface area contributed by atoms with Gasteiger partial charge in [-0.2, -0.15) is 0 Å². The fourth-order valence-corrected chi connectivity index (χ4v) is 3.11. The lowest BCUT2D eigenvalue weighted by atomic mass is 10.1. The zero-order valence-corrected chi connectivity index (χ0v) is 12.8. The zero-order valence-electron chi connectivity index (χ0n) is 12.8. The van der Waals surface area contributed by atoms with Crippen LogP contribution in [0.25, 0.3) is 0 Å². The maximum Gasteiger partial charge on any atom is 0.247 e. The number of nitrogens with one attached hydrogen (secondary N) is 1. The first kappa shape index (κ1) is 14.4. The summed E-state index contributed by atoms with van der Waals surface area (Å²) in [6, 6.07) is 17.0.